The molecule has 43 heavy (non-hydrogen) atoms. The van der Waals surface area contributed by atoms with Crippen LogP contribution in [0.15, 0.2) is 60.7 Å². The van der Waals surface area contributed by atoms with E-state index in [-0.39, 0.29) is 5.41 Å². The Balaban J connectivity index is 1.39. The number of ether oxygens (including phenoxy) is 2. The van der Waals surface area contributed by atoms with Gasteiger partial charge in [-0.05, 0) is 90.6 Å². The maximum atomic E-state index is 6.41. The van der Waals surface area contributed by atoms with Gasteiger partial charge in [-0.15, -0.1) is 0 Å². The molecule has 0 amide bonds. The molecule has 0 N–H and O–H groups in total. The van der Waals surface area contributed by atoms with Crippen LogP contribution in [0.2, 0.25) is 0 Å². The molecule has 0 heterocycles. The fraction of sp³-hybridized carbons (Fsp3) is 0.512. The Hall–Kier alpha value is -3.00. The molecule has 3 aromatic carbocycles. The highest BCUT2D eigenvalue weighted by molar-refractivity contribution is 5.85. The lowest BCUT2D eigenvalue weighted by atomic mass is 9.68. The van der Waals surface area contributed by atoms with Crippen LogP contribution in [0.1, 0.15) is 124 Å². The maximum Gasteiger partial charge on any atom is 0.123 e. The Labute approximate surface area is 261 Å². The highest BCUT2D eigenvalue weighted by Crippen LogP contribution is 2.55. The fourth-order valence-corrected chi connectivity index (χ4v) is 7.31. The van der Waals surface area contributed by atoms with Crippen LogP contribution in [0, 0.1) is 13.8 Å². The third-order valence-electron chi connectivity index (χ3n) is 9.62. The zero-order valence-electron chi connectivity index (χ0n) is 27.4. The summed E-state index contributed by atoms with van der Waals surface area (Å²) in [7, 11) is 0. The minimum atomic E-state index is -0.162. The number of unbranched alkanes of at least 4 members (excludes halogenated alkanes) is 10. The SMILES string of the molecule is CCCCCCCCOc1cc(CC23C=CCc4c(C)ccc(c42)-c2ccc(C)cc23)cc(OCCCCCCCC)c1. The summed E-state index contributed by atoms with van der Waals surface area (Å²) >= 11 is 0. The van der Waals surface area contributed by atoms with Gasteiger partial charge in [0, 0.05) is 11.5 Å². The van der Waals surface area contributed by atoms with Crippen molar-refractivity contribution in [2.24, 2.45) is 0 Å². The van der Waals surface area contributed by atoms with Gasteiger partial charge < -0.3 is 9.47 Å². The number of allylic oxidation sites excluding steroid dienone is 2. The number of hydrogen-bond acceptors (Lipinski definition) is 2. The van der Waals surface area contributed by atoms with Gasteiger partial charge in [-0.2, -0.15) is 0 Å². The van der Waals surface area contributed by atoms with E-state index in [1.54, 1.807) is 0 Å². The number of rotatable bonds is 18. The van der Waals surface area contributed by atoms with Gasteiger partial charge in [0.25, 0.3) is 0 Å². The second-order valence-electron chi connectivity index (χ2n) is 13.1. The molecule has 0 radical (unpaired) electrons. The van der Waals surface area contributed by atoms with Crippen molar-refractivity contribution in [2.45, 2.75) is 123 Å². The molecule has 1 unspecified atom stereocenters. The molecule has 2 aliphatic rings. The minimum Gasteiger partial charge on any atom is -0.493 e. The molecule has 0 spiro atoms. The summed E-state index contributed by atoms with van der Waals surface area (Å²) in [6.45, 7) is 10.6. The monoisotopic (exact) mass is 578 g/mol. The molecule has 230 valence electrons. The predicted molar refractivity (Wildman–Crippen MR) is 183 cm³/mol. The second kappa shape index (κ2) is 15.1. The van der Waals surface area contributed by atoms with E-state index in [0.29, 0.717) is 0 Å². The van der Waals surface area contributed by atoms with E-state index in [4.69, 9.17) is 9.47 Å². The van der Waals surface area contributed by atoms with E-state index in [0.717, 1.165) is 50.4 Å². The second-order valence-corrected chi connectivity index (χ2v) is 13.1. The quantitative estimate of drug-likeness (QED) is 0.110. The maximum absolute atomic E-state index is 6.41. The Morgan fingerprint density at radius 2 is 1.26 bits per heavy atom. The Kier molecular flexibility index (Phi) is 11.1. The van der Waals surface area contributed by atoms with Crippen LogP contribution in [-0.2, 0) is 18.3 Å². The number of aryl methyl sites for hydroxylation is 2. The summed E-state index contributed by atoms with van der Waals surface area (Å²) < 4.78 is 12.8. The van der Waals surface area contributed by atoms with Gasteiger partial charge in [-0.3, -0.25) is 0 Å². The number of fused-ring (bicyclic) bond motifs is 3. The molecule has 2 nitrogen and oxygen atoms in total. The van der Waals surface area contributed by atoms with Crippen molar-refractivity contribution >= 4 is 0 Å². The van der Waals surface area contributed by atoms with Crippen LogP contribution >= 0.6 is 0 Å². The topological polar surface area (TPSA) is 18.5 Å². The van der Waals surface area contributed by atoms with Gasteiger partial charge in [0.05, 0.1) is 13.2 Å². The largest absolute Gasteiger partial charge is 0.493 e. The third-order valence-corrected chi connectivity index (χ3v) is 9.62. The first-order valence-electron chi connectivity index (χ1n) is 17.4. The first-order valence-corrected chi connectivity index (χ1v) is 17.4. The van der Waals surface area contributed by atoms with Crippen molar-refractivity contribution in [1.82, 2.24) is 0 Å². The van der Waals surface area contributed by atoms with Crippen molar-refractivity contribution in [3.05, 3.63) is 94.1 Å². The first-order chi connectivity index (χ1) is 21.1. The van der Waals surface area contributed by atoms with Crippen LogP contribution in [0.4, 0.5) is 0 Å². The predicted octanol–water partition coefficient (Wildman–Crippen LogP) is 11.4. The van der Waals surface area contributed by atoms with Gasteiger partial charge in [-0.25, -0.2) is 0 Å². The number of benzene rings is 3. The molecule has 0 bridgehead atoms. The summed E-state index contributed by atoms with van der Waals surface area (Å²) in [5, 5.41) is 0. The lowest BCUT2D eigenvalue weighted by Crippen LogP contribution is -2.29. The van der Waals surface area contributed by atoms with E-state index in [1.807, 2.05) is 0 Å². The average Bonchev–Trinajstić information content (AvgIpc) is 3.27. The Bertz CT molecular complexity index is 1350. The standard InChI is InChI=1S/C41H54O2/c1-5-7-9-11-13-15-24-42-34-27-33(28-35(29-34)43-25-16-14-12-10-8-6-2)30-41-23-17-18-36-32(4)20-22-38(40(36)41)37-21-19-31(3)26-39(37)41/h17,19-23,26-29H,5-16,18,24-25,30H2,1-4H3. The van der Waals surface area contributed by atoms with Crippen LogP contribution in [-0.4, -0.2) is 13.2 Å². The molecule has 0 saturated heterocycles. The van der Waals surface area contributed by atoms with Crippen molar-refractivity contribution in [3.8, 4) is 22.6 Å². The summed E-state index contributed by atoms with van der Waals surface area (Å²) in [5.41, 5.74) is 11.1. The zero-order chi connectivity index (χ0) is 30.1. The van der Waals surface area contributed by atoms with Crippen molar-refractivity contribution < 1.29 is 9.47 Å². The van der Waals surface area contributed by atoms with E-state index < -0.39 is 0 Å². The molecular weight excluding hydrogens is 524 g/mol. The fourth-order valence-electron chi connectivity index (χ4n) is 7.31. The summed E-state index contributed by atoms with van der Waals surface area (Å²) in [6, 6.07) is 18.4. The molecule has 0 saturated carbocycles. The first kappa shape index (κ1) is 31.4. The molecule has 5 rings (SSSR count). The molecule has 2 heteroatoms. The van der Waals surface area contributed by atoms with Gasteiger partial charge in [-0.1, -0.05) is 126 Å². The van der Waals surface area contributed by atoms with Gasteiger partial charge in [0.15, 0.2) is 0 Å². The lowest BCUT2D eigenvalue weighted by Gasteiger charge is -2.34. The summed E-state index contributed by atoms with van der Waals surface area (Å²) in [4.78, 5) is 0. The molecule has 3 aromatic rings. The summed E-state index contributed by atoms with van der Waals surface area (Å²) in [5.74, 6) is 1.90. The Morgan fingerprint density at radius 3 is 1.91 bits per heavy atom. The van der Waals surface area contributed by atoms with E-state index in [1.165, 1.54) is 109 Å². The highest BCUT2D eigenvalue weighted by Gasteiger charge is 2.44. The van der Waals surface area contributed by atoms with E-state index in [9.17, 15) is 0 Å². The van der Waals surface area contributed by atoms with Crippen LogP contribution in [0.3, 0.4) is 0 Å². The van der Waals surface area contributed by atoms with Crippen LogP contribution < -0.4 is 9.47 Å². The van der Waals surface area contributed by atoms with E-state index >= 15 is 0 Å². The normalized spacial score (nSPS) is 16.3. The molecule has 0 aliphatic heterocycles. The minimum absolute atomic E-state index is 0.162. The zero-order valence-corrected chi connectivity index (χ0v) is 27.4. The molecular formula is C41H54O2. The number of hydrogen-bond donors (Lipinski definition) is 0. The molecule has 2 aliphatic carbocycles. The highest BCUT2D eigenvalue weighted by atomic mass is 16.5. The molecule has 1 atom stereocenters. The van der Waals surface area contributed by atoms with Crippen LogP contribution in [0.25, 0.3) is 11.1 Å². The van der Waals surface area contributed by atoms with E-state index in [2.05, 4.69) is 88.4 Å². The van der Waals surface area contributed by atoms with Gasteiger partial charge >= 0.3 is 0 Å². The van der Waals surface area contributed by atoms with Crippen LogP contribution in [0.5, 0.6) is 11.5 Å². The smallest absolute Gasteiger partial charge is 0.123 e. The van der Waals surface area contributed by atoms with Gasteiger partial charge in [0.1, 0.15) is 11.5 Å². The van der Waals surface area contributed by atoms with Crippen molar-refractivity contribution in [2.75, 3.05) is 13.2 Å². The van der Waals surface area contributed by atoms with Gasteiger partial charge in [0.2, 0.25) is 0 Å². The molecule has 0 aromatic heterocycles. The third kappa shape index (κ3) is 7.39. The lowest BCUT2D eigenvalue weighted by molar-refractivity contribution is 0.289. The Morgan fingerprint density at radius 1 is 0.651 bits per heavy atom. The van der Waals surface area contributed by atoms with Crippen molar-refractivity contribution in [1.29, 1.82) is 0 Å². The average molecular weight is 579 g/mol. The van der Waals surface area contributed by atoms with Crippen molar-refractivity contribution in [3.63, 3.8) is 0 Å². The molecule has 0 fully saturated rings. The summed E-state index contributed by atoms with van der Waals surface area (Å²) in [6.07, 6.45) is 22.1.